The minimum atomic E-state index is -0.0328. The molecule has 1 amide bonds. The van der Waals surface area contributed by atoms with Gasteiger partial charge in [0.25, 0.3) is 0 Å². The van der Waals surface area contributed by atoms with Crippen LogP contribution in [0.25, 0.3) is 0 Å². The summed E-state index contributed by atoms with van der Waals surface area (Å²) in [7, 11) is 1.86. The number of aryl methyl sites for hydroxylation is 2. The van der Waals surface area contributed by atoms with Crippen LogP contribution in [0, 0.1) is 33.6 Å². The highest BCUT2D eigenvalue weighted by Gasteiger charge is 2.21. The van der Waals surface area contributed by atoms with Gasteiger partial charge in [0, 0.05) is 18.7 Å². The van der Waals surface area contributed by atoms with Crippen LogP contribution in [0.15, 0.2) is 6.07 Å². The van der Waals surface area contributed by atoms with Crippen molar-refractivity contribution in [2.75, 3.05) is 18.5 Å². The molecule has 2 N–H and O–H groups in total. The first kappa shape index (κ1) is 15.7. The average molecular weight is 262 g/mol. The zero-order chi connectivity index (χ0) is 14.7. The van der Waals surface area contributed by atoms with Crippen LogP contribution in [0.2, 0.25) is 0 Å². The van der Waals surface area contributed by atoms with E-state index in [2.05, 4.69) is 33.8 Å². The number of nitrogens with zero attached hydrogens (tertiary/aromatic N) is 1. The summed E-state index contributed by atoms with van der Waals surface area (Å²) in [6.45, 7) is 10.8. The summed E-state index contributed by atoms with van der Waals surface area (Å²) in [5, 5.41) is 0. The Bertz CT molecular complexity index is 454. The van der Waals surface area contributed by atoms with E-state index in [1.807, 2.05) is 14.0 Å². The van der Waals surface area contributed by atoms with E-state index in [4.69, 9.17) is 5.73 Å². The van der Waals surface area contributed by atoms with Crippen molar-refractivity contribution in [3.63, 3.8) is 0 Å². The molecule has 0 aliphatic rings. The molecular weight excluding hydrogens is 236 g/mol. The molecule has 3 nitrogen and oxygen atoms in total. The van der Waals surface area contributed by atoms with Crippen molar-refractivity contribution in [2.45, 2.75) is 41.0 Å². The van der Waals surface area contributed by atoms with Crippen LogP contribution in [-0.2, 0) is 4.79 Å². The van der Waals surface area contributed by atoms with Crippen molar-refractivity contribution in [3.8, 4) is 0 Å². The van der Waals surface area contributed by atoms with Crippen molar-refractivity contribution < 1.29 is 4.79 Å². The molecule has 1 aromatic rings. The predicted octanol–water partition coefficient (Wildman–Crippen LogP) is 2.87. The van der Waals surface area contributed by atoms with Gasteiger partial charge in [0.1, 0.15) is 0 Å². The van der Waals surface area contributed by atoms with E-state index < -0.39 is 0 Å². The minimum absolute atomic E-state index is 0.0328. The summed E-state index contributed by atoms with van der Waals surface area (Å²) >= 11 is 0. The van der Waals surface area contributed by atoms with Crippen LogP contribution in [0.4, 0.5) is 5.69 Å². The highest BCUT2D eigenvalue weighted by molar-refractivity contribution is 5.96. The second-order valence-corrected chi connectivity index (χ2v) is 5.48. The molecule has 0 aliphatic carbocycles. The molecule has 0 bridgehead atoms. The van der Waals surface area contributed by atoms with Crippen molar-refractivity contribution in [1.29, 1.82) is 0 Å². The van der Waals surface area contributed by atoms with Gasteiger partial charge in [-0.3, -0.25) is 4.79 Å². The van der Waals surface area contributed by atoms with Crippen LogP contribution >= 0.6 is 0 Å². The first-order valence-electron chi connectivity index (χ1n) is 6.86. The highest BCUT2D eigenvalue weighted by Crippen LogP contribution is 2.30. The summed E-state index contributed by atoms with van der Waals surface area (Å²) in [5.41, 5.74) is 11.4. The Morgan fingerprint density at radius 1 is 1.21 bits per heavy atom. The number of benzene rings is 1. The maximum Gasteiger partial charge on any atom is 0.229 e. The van der Waals surface area contributed by atoms with E-state index in [1.54, 1.807) is 4.90 Å². The van der Waals surface area contributed by atoms with Gasteiger partial charge in [0.15, 0.2) is 0 Å². The number of carbonyl (C=O) groups excluding carboxylic acids is 1. The van der Waals surface area contributed by atoms with Gasteiger partial charge < -0.3 is 10.6 Å². The van der Waals surface area contributed by atoms with Gasteiger partial charge in [-0.15, -0.1) is 0 Å². The molecule has 19 heavy (non-hydrogen) atoms. The van der Waals surface area contributed by atoms with Crippen LogP contribution in [0.5, 0.6) is 0 Å². The number of carbonyl (C=O) groups is 1. The molecule has 0 spiro atoms. The molecule has 1 rings (SSSR count). The lowest BCUT2D eigenvalue weighted by Gasteiger charge is -2.26. The largest absolute Gasteiger partial charge is 0.330 e. The fourth-order valence-corrected chi connectivity index (χ4v) is 2.51. The fraction of sp³-hybridized carbons (Fsp3) is 0.562. The number of amides is 1. The van der Waals surface area contributed by atoms with E-state index in [-0.39, 0.29) is 11.8 Å². The Hall–Kier alpha value is -1.35. The summed E-state index contributed by atoms with van der Waals surface area (Å²) in [6, 6.07) is 2.18. The minimum Gasteiger partial charge on any atom is -0.330 e. The number of hydrogen-bond acceptors (Lipinski definition) is 2. The molecule has 0 heterocycles. The van der Waals surface area contributed by atoms with Crippen LogP contribution in [0.1, 0.15) is 35.6 Å². The second kappa shape index (κ2) is 6.20. The second-order valence-electron chi connectivity index (χ2n) is 5.48. The van der Waals surface area contributed by atoms with Gasteiger partial charge in [-0.2, -0.15) is 0 Å². The number of anilines is 1. The lowest BCUT2D eigenvalue weighted by molar-refractivity contribution is -0.121. The summed E-state index contributed by atoms with van der Waals surface area (Å²) in [6.07, 6.45) is 0.728. The zero-order valence-corrected chi connectivity index (χ0v) is 13.0. The van der Waals surface area contributed by atoms with Crippen LogP contribution in [-0.4, -0.2) is 19.5 Å². The third-order valence-electron chi connectivity index (χ3n) is 4.01. The Balaban J connectivity index is 3.19. The average Bonchev–Trinajstić information content (AvgIpc) is 2.36. The Morgan fingerprint density at radius 3 is 2.11 bits per heavy atom. The number of hydrogen-bond donors (Lipinski definition) is 1. The number of nitrogens with two attached hydrogens (primary N) is 1. The lowest BCUT2D eigenvalue weighted by Crippen LogP contribution is -2.33. The summed E-state index contributed by atoms with van der Waals surface area (Å²) < 4.78 is 0. The standard InChI is InChI=1S/C16H26N2O/c1-10(7-8-17)16(19)18(6)15-13(4)11(2)9-12(3)14(15)5/h9-10H,7-8,17H2,1-6H3. The third-order valence-corrected chi connectivity index (χ3v) is 4.01. The molecule has 0 fully saturated rings. The van der Waals surface area contributed by atoms with Crippen LogP contribution < -0.4 is 10.6 Å². The maximum atomic E-state index is 12.4. The Kier molecular flexibility index (Phi) is 5.12. The normalized spacial score (nSPS) is 12.4. The van der Waals surface area contributed by atoms with Crippen molar-refractivity contribution in [2.24, 2.45) is 11.7 Å². The summed E-state index contributed by atoms with van der Waals surface area (Å²) in [4.78, 5) is 14.2. The van der Waals surface area contributed by atoms with E-state index in [0.717, 1.165) is 12.1 Å². The van der Waals surface area contributed by atoms with E-state index >= 15 is 0 Å². The fourth-order valence-electron chi connectivity index (χ4n) is 2.51. The zero-order valence-electron chi connectivity index (χ0n) is 13.0. The van der Waals surface area contributed by atoms with Crippen molar-refractivity contribution in [1.82, 2.24) is 0 Å². The predicted molar refractivity (Wildman–Crippen MR) is 81.6 cm³/mol. The Morgan fingerprint density at radius 2 is 1.68 bits per heavy atom. The molecule has 1 aromatic carbocycles. The molecule has 0 aliphatic heterocycles. The number of rotatable bonds is 4. The lowest BCUT2D eigenvalue weighted by atomic mass is 9.97. The van der Waals surface area contributed by atoms with Gasteiger partial charge in [-0.25, -0.2) is 0 Å². The van der Waals surface area contributed by atoms with Gasteiger partial charge in [0.2, 0.25) is 5.91 Å². The summed E-state index contributed by atoms with van der Waals surface area (Å²) in [5.74, 6) is 0.108. The Labute approximate surface area is 116 Å². The molecular formula is C16H26N2O. The monoisotopic (exact) mass is 262 g/mol. The molecule has 0 saturated heterocycles. The smallest absolute Gasteiger partial charge is 0.229 e. The SMILES string of the molecule is Cc1cc(C)c(C)c(N(C)C(=O)C(C)CCN)c1C. The van der Waals surface area contributed by atoms with E-state index in [1.165, 1.54) is 22.3 Å². The maximum absolute atomic E-state index is 12.4. The quantitative estimate of drug-likeness (QED) is 0.907. The van der Waals surface area contributed by atoms with Gasteiger partial charge >= 0.3 is 0 Å². The first-order chi connectivity index (χ1) is 8.81. The first-order valence-corrected chi connectivity index (χ1v) is 6.86. The van der Waals surface area contributed by atoms with E-state index in [0.29, 0.717) is 6.54 Å². The van der Waals surface area contributed by atoms with Crippen LogP contribution in [0.3, 0.4) is 0 Å². The van der Waals surface area contributed by atoms with Crippen molar-refractivity contribution in [3.05, 3.63) is 28.3 Å². The van der Waals surface area contributed by atoms with E-state index in [9.17, 15) is 4.79 Å². The van der Waals surface area contributed by atoms with Gasteiger partial charge in [0.05, 0.1) is 0 Å². The highest BCUT2D eigenvalue weighted by atomic mass is 16.2. The van der Waals surface area contributed by atoms with Gasteiger partial charge in [-0.1, -0.05) is 13.0 Å². The topological polar surface area (TPSA) is 46.3 Å². The molecule has 0 saturated carbocycles. The molecule has 106 valence electrons. The molecule has 3 heteroatoms. The molecule has 1 unspecified atom stereocenters. The van der Waals surface area contributed by atoms with Gasteiger partial charge in [-0.05, 0) is 62.9 Å². The third kappa shape index (κ3) is 3.16. The molecule has 0 aromatic heterocycles. The van der Waals surface area contributed by atoms with Crippen molar-refractivity contribution >= 4 is 11.6 Å². The molecule has 0 radical (unpaired) electrons. The molecule has 1 atom stereocenters.